The van der Waals surface area contributed by atoms with Crippen LogP contribution in [0.25, 0.3) is 0 Å². The van der Waals surface area contributed by atoms with Crippen LogP contribution in [0.1, 0.15) is 85.6 Å². The smallest absolute Gasteiger partial charge is 0.291 e. The van der Waals surface area contributed by atoms with Crippen LogP contribution in [-0.4, -0.2) is 39.2 Å². The Morgan fingerprint density at radius 1 is 1.19 bits per heavy atom. The van der Waals surface area contributed by atoms with Gasteiger partial charge in [0.15, 0.2) is 11.5 Å². The van der Waals surface area contributed by atoms with Crippen LogP contribution < -0.4 is 10.9 Å². The molecule has 9 nitrogen and oxygen atoms in total. The van der Waals surface area contributed by atoms with E-state index in [0.717, 1.165) is 31.4 Å². The molecule has 31 heavy (non-hydrogen) atoms. The van der Waals surface area contributed by atoms with Gasteiger partial charge in [0, 0.05) is 12.6 Å². The molecule has 3 heterocycles. The summed E-state index contributed by atoms with van der Waals surface area (Å²) in [7, 11) is 1.86. The lowest BCUT2D eigenvalue weighted by molar-refractivity contribution is -0.182. The lowest BCUT2D eigenvalue weighted by Crippen LogP contribution is -2.38. The highest BCUT2D eigenvalue weighted by atomic mass is 16.6. The zero-order valence-electron chi connectivity index (χ0n) is 19.0. The Labute approximate surface area is 181 Å². The third-order valence-electron chi connectivity index (χ3n) is 6.48. The molecule has 1 saturated carbocycles. The van der Waals surface area contributed by atoms with Crippen LogP contribution >= 0.6 is 0 Å². The molecule has 2 aromatic heterocycles. The van der Waals surface area contributed by atoms with E-state index in [-0.39, 0.29) is 22.9 Å². The van der Waals surface area contributed by atoms with Gasteiger partial charge < -0.3 is 19.3 Å². The third kappa shape index (κ3) is 4.08. The Bertz CT molecular complexity index is 1020. The molecule has 1 atom stereocenters. The van der Waals surface area contributed by atoms with Gasteiger partial charge in [0.2, 0.25) is 0 Å². The summed E-state index contributed by atoms with van der Waals surface area (Å²) in [5.41, 5.74) is 1.22. The maximum atomic E-state index is 13.1. The summed E-state index contributed by atoms with van der Waals surface area (Å²) in [6.45, 7) is 8.26. The number of amides is 1. The second kappa shape index (κ2) is 8.27. The van der Waals surface area contributed by atoms with Gasteiger partial charge in [0.1, 0.15) is 11.8 Å². The van der Waals surface area contributed by atoms with Crippen LogP contribution in [0.15, 0.2) is 9.32 Å². The molecule has 1 saturated heterocycles. The summed E-state index contributed by atoms with van der Waals surface area (Å²) in [6, 6.07) is 0.170. The van der Waals surface area contributed by atoms with E-state index in [0.29, 0.717) is 30.2 Å². The van der Waals surface area contributed by atoms with Gasteiger partial charge in [-0.2, -0.15) is 0 Å². The largest absolute Gasteiger partial charge is 0.370 e. The van der Waals surface area contributed by atoms with Crippen LogP contribution in [0.3, 0.4) is 0 Å². The Kier molecular flexibility index (Phi) is 5.83. The van der Waals surface area contributed by atoms with Crippen LogP contribution in [0, 0.1) is 13.8 Å². The van der Waals surface area contributed by atoms with E-state index >= 15 is 0 Å². The minimum Gasteiger partial charge on any atom is -0.370 e. The fourth-order valence-electron chi connectivity index (χ4n) is 4.49. The standard InChI is InChI=1S/C22H32N4O5/c1-13-17(24-31-19(13)16-11-30-22(3,4)12-29-16)20(27)23-18-14(2)25(5)26(21(18)28)15-9-7-6-8-10-15/h15-16H,6-12H2,1-5H3,(H,23,27)/t16-/m1/s1. The number of aromatic nitrogens is 3. The molecule has 1 N–H and O–H groups in total. The van der Waals surface area contributed by atoms with Crippen LogP contribution in [0.5, 0.6) is 0 Å². The molecule has 2 aliphatic rings. The van der Waals surface area contributed by atoms with Gasteiger partial charge in [-0.3, -0.25) is 14.3 Å². The molecule has 2 fully saturated rings. The molecular weight excluding hydrogens is 400 g/mol. The number of carbonyl (C=O) groups is 1. The molecule has 1 aliphatic heterocycles. The number of rotatable bonds is 4. The number of hydrogen-bond acceptors (Lipinski definition) is 6. The molecule has 4 rings (SSSR count). The van der Waals surface area contributed by atoms with E-state index in [1.54, 1.807) is 11.6 Å². The van der Waals surface area contributed by atoms with Gasteiger partial charge in [-0.1, -0.05) is 24.4 Å². The van der Waals surface area contributed by atoms with Crippen molar-refractivity contribution in [3.05, 3.63) is 33.1 Å². The number of anilines is 1. The van der Waals surface area contributed by atoms with Gasteiger partial charge in [0.25, 0.3) is 11.5 Å². The minimum absolute atomic E-state index is 0.148. The molecule has 0 spiro atoms. The SMILES string of the molecule is Cc1c(C(=O)Nc2c(C)n(C)n(C3CCCCC3)c2=O)noc1[C@H]1COC(C)(C)CO1. The molecule has 0 unspecified atom stereocenters. The average Bonchev–Trinajstić information content (AvgIpc) is 3.22. The van der Waals surface area contributed by atoms with Gasteiger partial charge >= 0.3 is 0 Å². The van der Waals surface area contributed by atoms with Gasteiger partial charge in [-0.15, -0.1) is 0 Å². The zero-order chi connectivity index (χ0) is 22.3. The van der Waals surface area contributed by atoms with Gasteiger partial charge in [0.05, 0.1) is 30.6 Å². The van der Waals surface area contributed by atoms with Crippen molar-refractivity contribution in [3.63, 3.8) is 0 Å². The first-order chi connectivity index (χ1) is 14.7. The molecule has 0 radical (unpaired) electrons. The highest BCUT2D eigenvalue weighted by Gasteiger charge is 2.34. The van der Waals surface area contributed by atoms with Crippen molar-refractivity contribution in [2.45, 2.75) is 77.5 Å². The highest BCUT2D eigenvalue weighted by Crippen LogP contribution is 2.31. The molecule has 0 bridgehead atoms. The predicted octanol–water partition coefficient (Wildman–Crippen LogP) is 3.42. The lowest BCUT2D eigenvalue weighted by atomic mass is 9.96. The fourth-order valence-corrected chi connectivity index (χ4v) is 4.49. The Hall–Kier alpha value is -2.39. The number of ether oxygens (including phenoxy) is 2. The van der Waals surface area contributed by atoms with E-state index in [4.69, 9.17) is 14.0 Å². The van der Waals surface area contributed by atoms with Crippen molar-refractivity contribution in [2.75, 3.05) is 18.5 Å². The molecule has 2 aromatic rings. The van der Waals surface area contributed by atoms with Gasteiger partial charge in [-0.25, -0.2) is 4.68 Å². The van der Waals surface area contributed by atoms with Crippen LogP contribution in [0.2, 0.25) is 0 Å². The number of hydrogen-bond donors (Lipinski definition) is 1. The number of nitrogens with zero attached hydrogens (tertiary/aromatic N) is 3. The first-order valence-electron chi connectivity index (χ1n) is 11.0. The molecular formula is C22H32N4O5. The normalized spacial score (nSPS) is 21.9. The third-order valence-corrected chi connectivity index (χ3v) is 6.48. The van der Waals surface area contributed by atoms with E-state index in [1.807, 2.05) is 32.5 Å². The minimum atomic E-state index is -0.467. The molecule has 170 valence electrons. The summed E-state index contributed by atoms with van der Waals surface area (Å²) in [5, 5.41) is 6.74. The maximum Gasteiger partial charge on any atom is 0.291 e. The second-order valence-corrected chi connectivity index (χ2v) is 9.27. The molecule has 0 aromatic carbocycles. The van der Waals surface area contributed by atoms with E-state index in [2.05, 4.69) is 10.5 Å². The summed E-state index contributed by atoms with van der Waals surface area (Å²) in [4.78, 5) is 26.1. The van der Waals surface area contributed by atoms with Crippen molar-refractivity contribution in [1.82, 2.24) is 14.5 Å². The van der Waals surface area contributed by atoms with Gasteiger partial charge in [-0.05, 0) is 40.5 Å². The van der Waals surface area contributed by atoms with Crippen molar-refractivity contribution in [2.24, 2.45) is 7.05 Å². The quantitative estimate of drug-likeness (QED) is 0.795. The van der Waals surface area contributed by atoms with Crippen molar-refractivity contribution in [1.29, 1.82) is 0 Å². The summed E-state index contributed by atoms with van der Waals surface area (Å²) in [5.74, 6) is 0.0104. The predicted molar refractivity (Wildman–Crippen MR) is 114 cm³/mol. The van der Waals surface area contributed by atoms with E-state index < -0.39 is 12.0 Å². The summed E-state index contributed by atoms with van der Waals surface area (Å²) in [6.07, 6.45) is 5.00. The topological polar surface area (TPSA) is 101 Å². The van der Waals surface area contributed by atoms with Crippen molar-refractivity contribution in [3.8, 4) is 0 Å². The Morgan fingerprint density at radius 2 is 1.90 bits per heavy atom. The van der Waals surface area contributed by atoms with E-state index in [9.17, 15) is 9.59 Å². The van der Waals surface area contributed by atoms with E-state index in [1.165, 1.54) is 6.42 Å². The monoisotopic (exact) mass is 432 g/mol. The first kappa shape index (κ1) is 21.8. The average molecular weight is 433 g/mol. The van der Waals surface area contributed by atoms with Crippen LogP contribution in [0.4, 0.5) is 5.69 Å². The Balaban J connectivity index is 1.54. The highest BCUT2D eigenvalue weighted by molar-refractivity contribution is 6.04. The fraction of sp³-hybridized carbons (Fsp3) is 0.682. The number of nitrogens with one attached hydrogen (secondary N) is 1. The second-order valence-electron chi connectivity index (χ2n) is 9.27. The van der Waals surface area contributed by atoms with Crippen molar-refractivity contribution >= 4 is 11.6 Å². The first-order valence-corrected chi connectivity index (χ1v) is 11.0. The Morgan fingerprint density at radius 3 is 2.55 bits per heavy atom. The summed E-state index contributed by atoms with van der Waals surface area (Å²) >= 11 is 0. The van der Waals surface area contributed by atoms with Crippen LogP contribution in [-0.2, 0) is 16.5 Å². The van der Waals surface area contributed by atoms with Crippen molar-refractivity contribution < 1.29 is 18.8 Å². The molecule has 9 heteroatoms. The summed E-state index contributed by atoms with van der Waals surface area (Å²) < 4.78 is 20.7. The number of carbonyl (C=O) groups excluding carboxylic acids is 1. The molecule has 1 aliphatic carbocycles. The zero-order valence-corrected chi connectivity index (χ0v) is 19.0. The maximum absolute atomic E-state index is 13.1. The molecule has 1 amide bonds. The lowest BCUT2D eigenvalue weighted by Gasteiger charge is -2.34.